The summed E-state index contributed by atoms with van der Waals surface area (Å²) in [4.78, 5) is 109. The molecule has 8 N–H and O–H groups in total. The van der Waals surface area contributed by atoms with Gasteiger partial charge in [0, 0.05) is 29.9 Å². The van der Waals surface area contributed by atoms with Gasteiger partial charge < -0.3 is 70.8 Å². The van der Waals surface area contributed by atoms with Gasteiger partial charge in [0.15, 0.2) is 54.7 Å². The number of rotatable bonds is 21. The van der Waals surface area contributed by atoms with Crippen LogP contribution in [0, 0.1) is 49.1 Å². The van der Waals surface area contributed by atoms with Gasteiger partial charge in [-0.05, 0) is 182 Å². The van der Waals surface area contributed by atoms with E-state index in [2.05, 4.69) is 71.8 Å². The zero-order valence-electron chi connectivity index (χ0n) is 56.9. The lowest BCUT2D eigenvalue weighted by Crippen LogP contribution is -2.38. The van der Waals surface area contributed by atoms with E-state index in [0.717, 1.165) is 78.0 Å². The Bertz CT molecular complexity index is 4220. The molecular weight excluding hydrogens is 1330 g/mol. The normalized spacial score (nSPS) is 21.9. The van der Waals surface area contributed by atoms with Gasteiger partial charge in [-0.2, -0.15) is 0 Å². The molecule has 3 fully saturated rings. The highest BCUT2D eigenvalue weighted by molar-refractivity contribution is 5.97. The predicted octanol–water partition coefficient (Wildman–Crippen LogP) is 4.91. The van der Waals surface area contributed by atoms with Gasteiger partial charge in [-0.25, -0.2) is 57.5 Å². The molecule has 0 radical (unpaired) electrons. The molecule has 0 bridgehead atoms. The predicted molar refractivity (Wildman–Crippen MR) is 359 cm³/mol. The number of pyridine rings is 2. The van der Waals surface area contributed by atoms with Crippen LogP contribution in [0.2, 0.25) is 0 Å². The number of aryl methyl sites for hydroxylation is 2. The van der Waals surface area contributed by atoms with Crippen LogP contribution in [0.1, 0.15) is 84.8 Å². The molecule has 6 amide bonds. The van der Waals surface area contributed by atoms with Gasteiger partial charge in [0.2, 0.25) is 0 Å². The third kappa shape index (κ3) is 16.4. The van der Waals surface area contributed by atoms with Crippen LogP contribution in [0.3, 0.4) is 0 Å². The Morgan fingerprint density at radius 3 is 1.59 bits per heavy atom. The quantitative estimate of drug-likeness (QED) is 0.0371. The molecule has 4 unspecified atom stereocenters. The number of carbonyl (C=O) groups is 6. The SMILES string of the molecule is CC(C)(N)COc1cc(F)c2c(c1)CC(CNCC[C@H]1CN(c3cnc4c(n3)NC(=O)CO4)C(=O)O1)C2.Cc1ncc(F)c2c1CC(CNCCC1(C)CN(c3cnc4c(n3)NC(=O)CO4)C(=O)O1)C2.Cc1ncc2c(c1F)CC(CNCC[C@@H]1CN(c3cnc4c(n3)NC(=O)CO4)C(=O)O1)C2. The highest BCUT2D eigenvalue weighted by Gasteiger charge is 2.44. The van der Waals surface area contributed by atoms with E-state index in [-0.39, 0.29) is 120 Å². The van der Waals surface area contributed by atoms with Gasteiger partial charge >= 0.3 is 18.3 Å². The number of nitrogens with zero attached hydrogens (tertiary/aromatic N) is 11. The zero-order chi connectivity index (χ0) is 71.6. The van der Waals surface area contributed by atoms with Gasteiger partial charge in [0.25, 0.3) is 35.4 Å². The minimum absolute atomic E-state index is 0.111. The summed E-state index contributed by atoms with van der Waals surface area (Å²) in [5.41, 5.74) is 11.4. The van der Waals surface area contributed by atoms with Crippen LogP contribution in [-0.4, -0.2) is 185 Å². The molecule has 15 rings (SSSR count). The van der Waals surface area contributed by atoms with E-state index in [1.807, 2.05) is 33.8 Å². The molecule has 11 heterocycles. The maximum Gasteiger partial charge on any atom is 0.416 e. The Morgan fingerprint density at radius 2 is 1.05 bits per heavy atom. The molecule has 6 aliphatic heterocycles. The molecule has 540 valence electrons. The number of fused-ring (bicyclic) bond motifs is 6. The van der Waals surface area contributed by atoms with Crippen LogP contribution in [-0.2, 0) is 67.1 Å². The van der Waals surface area contributed by atoms with Gasteiger partial charge in [-0.1, -0.05) is 0 Å². The van der Waals surface area contributed by atoms with Crippen molar-refractivity contribution < 1.29 is 75.1 Å². The van der Waals surface area contributed by atoms with Crippen molar-refractivity contribution in [3.8, 4) is 23.4 Å². The van der Waals surface area contributed by atoms with Crippen molar-refractivity contribution in [1.29, 1.82) is 0 Å². The first-order valence-electron chi connectivity index (χ1n) is 33.9. The minimum atomic E-state index is -0.702. The summed E-state index contributed by atoms with van der Waals surface area (Å²) in [7, 11) is 0. The van der Waals surface area contributed by atoms with Crippen LogP contribution < -0.4 is 71.3 Å². The van der Waals surface area contributed by atoms with Gasteiger partial charge in [-0.15, -0.1) is 0 Å². The first-order chi connectivity index (χ1) is 48.9. The monoisotopic (exact) mass is 1410 g/mol. The molecule has 5 aromatic heterocycles. The second-order valence-electron chi connectivity index (χ2n) is 27.7. The van der Waals surface area contributed by atoms with Gasteiger partial charge in [-0.3, -0.25) is 39.1 Å². The van der Waals surface area contributed by atoms with Crippen molar-refractivity contribution in [2.45, 2.75) is 116 Å². The fourth-order valence-corrected chi connectivity index (χ4v) is 13.6. The van der Waals surface area contributed by atoms with Crippen molar-refractivity contribution in [1.82, 2.24) is 55.8 Å². The van der Waals surface area contributed by atoms with E-state index in [1.54, 1.807) is 13.1 Å². The fraction of sp³-hybridized carbons (Fsp3) is 0.500. The molecule has 3 saturated heterocycles. The first kappa shape index (κ1) is 70.3. The first-order valence-corrected chi connectivity index (χ1v) is 33.9. The summed E-state index contributed by atoms with van der Waals surface area (Å²) in [6.45, 7) is 14.3. The summed E-state index contributed by atoms with van der Waals surface area (Å²) in [5.74, 6) is 1.90. The van der Waals surface area contributed by atoms with E-state index in [9.17, 15) is 41.9 Å². The largest absolute Gasteiger partial charge is 0.492 e. The number of hydrogen-bond donors (Lipinski definition) is 7. The Hall–Kier alpha value is -10.2. The second kappa shape index (κ2) is 29.8. The van der Waals surface area contributed by atoms with E-state index in [4.69, 9.17) is 38.9 Å². The highest BCUT2D eigenvalue weighted by Crippen LogP contribution is 2.37. The highest BCUT2D eigenvalue weighted by atomic mass is 19.1. The van der Waals surface area contributed by atoms with Crippen LogP contribution in [0.25, 0.3) is 0 Å². The molecule has 6 atom stereocenters. The Labute approximate surface area is 583 Å². The molecule has 102 heavy (non-hydrogen) atoms. The number of carbonyl (C=O) groups excluding carboxylic acids is 6. The number of aromatic nitrogens is 8. The standard InChI is InChI=1S/C25H31FN6O5.C22H25FN6O4.C21H23FN6O4/c1-25(2,27)13-36-17-7-15-5-14(6-18(15)19(26)8-17)9-28-4-3-16-11-32(24(34)37-16)20-10-29-23-22(30-20)31-21(33)12-35-23;1-12-14-5-13(6-15(14)16(23)8-25-12)7-24-4-3-22(2)11-29(21(31)33-22)17-9-26-20-19(27-17)28-18(30)10-32-20;1-11-18(22)15-5-12(4-13(15)7-24-11)6-23-3-2-14-9-28(21(30)32-14)16-8-25-20-19(26-16)27-17(29)10-31-20/h7-8,10,14,16,28H,3-6,9,11-13,27H2,1-2H3,(H,30,31,33);8-9,13,24H,3-7,10-11H2,1-2H3,(H,27,28,30);7-8,12,14,23H,2-6,9-10H2,1H3,(H,26,27,29)/t14?,16-;;12?,14-/m0.1/s1. The molecule has 0 spiro atoms. The van der Waals surface area contributed by atoms with Crippen molar-refractivity contribution in [3.63, 3.8) is 0 Å². The minimum Gasteiger partial charge on any atom is -0.492 e. The van der Waals surface area contributed by atoms with E-state index in [1.165, 1.54) is 45.6 Å². The second-order valence-corrected chi connectivity index (χ2v) is 27.7. The molecule has 6 aromatic rings. The van der Waals surface area contributed by atoms with Crippen molar-refractivity contribution >= 4 is 70.9 Å². The summed E-state index contributed by atoms with van der Waals surface area (Å²) < 4.78 is 80.8. The van der Waals surface area contributed by atoms with Gasteiger partial charge in [0.05, 0.1) is 50.1 Å². The Kier molecular flexibility index (Phi) is 20.5. The lowest BCUT2D eigenvalue weighted by atomic mass is 10.0. The van der Waals surface area contributed by atoms with Crippen molar-refractivity contribution in [2.75, 3.05) is 116 Å². The number of nitrogens with one attached hydrogen (secondary N) is 6. The Morgan fingerprint density at radius 1 is 0.569 bits per heavy atom. The maximum atomic E-state index is 14.6. The summed E-state index contributed by atoms with van der Waals surface area (Å²) in [6.07, 6.45) is 11.5. The number of cyclic esters (lactones) is 3. The average Bonchev–Trinajstić information content (AvgIpc) is 1.53. The molecule has 9 aliphatic rings. The van der Waals surface area contributed by atoms with E-state index >= 15 is 0 Å². The van der Waals surface area contributed by atoms with E-state index in [0.29, 0.717) is 113 Å². The number of halogens is 3. The average molecular weight is 1410 g/mol. The topological polar surface area (TPSA) is 378 Å². The van der Waals surface area contributed by atoms with Gasteiger partial charge in [0.1, 0.15) is 47.6 Å². The van der Waals surface area contributed by atoms with Crippen LogP contribution in [0.5, 0.6) is 23.4 Å². The number of amides is 6. The molecule has 34 heteroatoms. The molecule has 0 saturated carbocycles. The Balaban J connectivity index is 0.000000137. The number of anilines is 6. The van der Waals surface area contributed by atoms with Crippen LogP contribution in [0.4, 0.5) is 62.5 Å². The molecule has 3 aliphatic carbocycles. The van der Waals surface area contributed by atoms with Crippen molar-refractivity contribution in [3.05, 3.63) is 105 Å². The third-order valence-corrected chi connectivity index (χ3v) is 18.7. The summed E-state index contributed by atoms with van der Waals surface area (Å²) in [5, 5.41) is 18.0. The lowest BCUT2D eigenvalue weighted by molar-refractivity contribution is -0.119. The molecule has 31 nitrogen and oxygen atoms in total. The molecule has 1 aromatic carbocycles. The number of nitrogens with two attached hydrogens (primary N) is 1. The number of ether oxygens (including phenoxy) is 7. The summed E-state index contributed by atoms with van der Waals surface area (Å²) >= 11 is 0. The molecular formula is C68H79F3N18O13. The third-order valence-electron chi connectivity index (χ3n) is 18.7. The summed E-state index contributed by atoms with van der Waals surface area (Å²) in [6, 6.07) is 3.35. The van der Waals surface area contributed by atoms with Crippen molar-refractivity contribution in [2.24, 2.45) is 23.5 Å². The number of benzene rings is 1. The smallest absolute Gasteiger partial charge is 0.416 e. The fourth-order valence-electron chi connectivity index (χ4n) is 13.6. The number of hydrogen-bond acceptors (Lipinski definition) is 25. The van der Waals surface area contributed by atoms with Crippen LogP contribution in [0.15, 0.2) is 43.1 Å². The maximum absolute atomic E-state index is 14.6. The van der Waals surface area contributed by atoms with E-state index < -0.39 is 29.4 Å². The van der Waals surface area contributed by atoms with Crippen LogP contribution >= 0.6 is 0 Å². The zero-order valence-corrected chi connectivity index (χ0v) is 56.9. The lowest BCUT2D eigenvalue weighted by Gasteiger charge is -2.22.